The molecule has 0 saturated carbocycles. The first-order chi connectivity index (χ1) is 6.67. The summed E-state index contributed by atoms with van der Waals surface area (Å²) in [6.45, 7) is 0. The zero-order valence-corrected chi connectivity index (χ0v) is 8.93. The maximum Gasteiger partial charge on any atom is 0.210 e. The number of nitrogens with one attached hydrogen (secondary N) is 1. The summed E-state index contributed by atoms with van der Waals surface area (Å²) in [5.74, 6) is 0.660. The summed E-state index contributed by atoms with van der Waals surface area (Å²) in [7, 11) is 1.53. The molecule has 3 N–H and O–H groups in total. The molecule has 14 heavy (non-hydrogen) atoms. The first kappa shape index (κ1) is 10.9. The van der Waals surface area contributed by atoms with Gasteiger partial charge in [0.2, 0.25) is 5.96 Å². The smallest absolute Gasteiger partial charge is 0.210 e. The van der Waals surface area contributed by atoms with Gasteiger partial charge in [-0.15, -0.1) is 4.51 Å². The highest BCUT2D eigenvalue weighted by Crippen LogP contribution is 2.27. The molecular formula is C8H9Cl2N3O. The van der Waals surface area contributed by atoms with Crippen LogP contribution in [-0.4, -0.2) is 13.1 Å². The Kier molecular flexibility index (Phi) is 3.85. The summed E-state index contributed by atoms with van der Waals surface area (Å²) < 4.78 is 8.32. The Morgan fingerprint density at radius 1 is 1.57 bits per heavy atom. The largest absolute Gasteiger partial charge is 0.495 e. The molecule has 0 unspecified atom stereocenters. The number of rotatable bonds is 2. The molecular weight excluding hydrogens is 225 g/mol. The van der Waals surface area contributed by atoms with Crippen LogP contribution in [0.25, 0.3) is 0 Å². The van der Waals surface area contributed by atoms with Crippen LogP contribution in [0.4, 0.5) is 5.69 Å². The number of anilines is 1. The van der Waals surface area contributed by atoms with Crippen molar-refractivity contribution in [2.45, 2.75) is 0 Å². The number of hydrogen-bond donors (Lipinski definition) is 2. The van der Waals surface area contributed by atoms with Gasteiger partial charge < -0.3 is 15.8 Å². The van der Waals surface area contributed by atoms with Crippen molar-refractivity contribution in [3.8, 4) is 5.75 Å². The van der Waals surface area contributed by atoms with E-state index in [1.54, 1.807) is 18.2 Å². The topological polar surface area (TPSA) is 59.6 Å². The van der Waals surface area contributed by atoms with Crippen molar-refractivity contribution in [1.82, 2.24) is 0 Å². The van der Waals surface area contributed by atoms with Crippen LogP contribution in [0.3, 0.4) is 0 Å². The van der Waals surface area contributed by atoms with E-state index in [0.717, 1.165) is 0 Å². The number of ether oxygens (including phenoxy) is 1. The second kappa shape index (κ2) is 4.93. The Hall–Kier alpha value is -1.13. The predicted octanol–water partition coefficient (Wildman–Crippen LogP) is 2.23. The fourth-order valence-electron chi connectivity index (χ4n) is 0.927. The van der Waals surface area contributed by atoms with Crippen LogP contribution in [0.15, 0.2) is 22.7 Å². The van der Waals surface area contributed by atoms with Gasteiger partial charge in [-0.1, -0.05) is 11.6 Å². The number of hydrogen-bond acceptors (Lipinski definition) is 2. The Labute approximate surface area is 91.8 Å². The summed E-state index contributed by atoms with van der Waals surface area (Å²) in [4.78, 5) is 0. The van der Waals surface area contributed by atoms with E-state index in [2.05, 4.69) is 9.83 Å². The molecule has 0 aromatic heterocycles. The first-order valence-corrected chi connectivity index (χ1v) is 4.44. The van der Waals surface area contributed by atoms with E-state index in [4.69, 9.17) is 33.8 Å². The standard InChI is InChI=1S/C8H9Cl2N3O/c1-14-7-4-5(9)2-3-6(7)12-8(11)13-10/h2-4H,1H3,(H3,11,12,13). The van der Waals surface area contributed by atoms with Crippen molar-refractivity contribution >= 4 is 35.0 Å². The lowest BCUT2D eigenvalue weighted by atomic mass is 10.3. The minimum atomic E-state index is 0.0901. The molecule has 76 valence electrons. The van der Waals surface area contributed by atoms with Gasteiger partial charge in [0.25, 0.3) is 0 Å². The molecule has 0 fully saturated rings. The third-order valence-electron chi connectivity index (χ3n) is 1.52. The monoisotopic (exact) mass is 233 g/mol. The number of halogens is 2. The van der Waals surface area contributed by atoms with Crippen molar-refractivity contribution in [2.75, 3.05) is 12.4 Å². The van der Waals surface area contributed by atoms with Crippen molar-refractivity contribution in [1.29, 1.82) is 0 Å². The molecule has 0 spiro atoms. The molecule has 6 heteroatoms. The molecule has 0 radical (unpaired) electrons. The van der Waals surface area contributed by atoms with Crippen LogP contribution in [0.1, 0.15) is 0 Å². The normalized spacial score (nSPS) is 11.2. The lowest BCUT2D eigenvalue weighted by molar-refractivity contribution is 0.417. The summed E-state index contributed by atoms with van der Waals surface area (Å²) in [5, 5.41) is 3.33. The molecule has 1 aromatic rings. The lowest BCUT2D eigenvalue weighted by Crippen LogP contribution is -2.21. The first-order valence-electron chi connectivity index (χ1n) is 3.72. The molecule has 0 amide bonds. The number of nitrogens with zero attached hydrogens (tertiary/aromatic N) is 1. The van der Waals surface area contributed by atoms with Crippen LogP contribution >= 0.6 is 23.4 Å². The Balaban J connectivity index is 2.96. The minimum Gasteiger partial charge on any atom is -0.495 e. The molecule has 1 aromatic carbocycles. The molecule has 0 aliphatic rings. The third kappa shape index (κ3) is 2.68. The quantitative estimate of drug-likeness (QED) is 0.609. The molecule has 0 aliphatic heterocycles. The van der Waals surface area contributed by atoms with Crippen LogP contribution in [0.2, 0.25) is 5.02 Å². The van der Waals surface area contributed by atoms with Gasteiger partial charge in [-0.2, -0.15) is 0 Å². The summed E-state index contributed by atoms with van der Waals surface area (Å²) in [5.41, 5.74) is 6.04. The van der Waals surface area contributed by atoms with Gasteiger partial charge >= 0.3 is 0 Å². The predicted molar refractivity (Wildman–Crippen MR) is 59.1 cm³/mol. The van der Waals surface area contributed by atoms with E-state index >= 15 is 0 Å². The van der Waals surface area contributed by atoms with E-state index in [1.807, 2.05) is 0 Å². The second-order valence-corrected chi connectivity index (χ2v) is 3.04. The average Bonchev–Trinajstić information content (AvgIpc) is 2.20. The van der Waals surface area contributed by atoms with E-state index in [1.165, 1.54) is 7.11 Å². The molecule has 0 aliphatic carbocycles. The number of methoxy groups -OCH3 is 1. The highest BCUT2D eigenvalue weighted by atomic mass is 35.5. The highest BCUT2D eigenvalue weighted by Gasteiger charge is 2.04. The highest BCUT2D eigenvalue weighted by molar-refractivity contribution is 6.30. The van der Waals surface area contributed by atoms with Crippen molar-refractivity contribution in [3.63, 3.8) is 0 Å². The van der Waals surface area contributed by atoms with Crippen LogP contribution in [-0.2, 0) is 0 Å². The lowest BCUT2D eigenvalue weighted by Gasteiger charge is -2.09. The van der Waals surface area contributed by atoms with Gasteiger partial charge in [0.1, 0.15) is 5.75 Å². The van der Waals surface area contributed by atoms with Gasteiger partial charge in [-0.25, -0.2) is 0 Å². The van der Waals surface area contributed by atoms with E-state index in [-0.39, 0.29) is 5.96 Å². The van der Waals surface area contributed by atoms with E-state index < -0.39 is 0 Å². The summed E-state index contributed by atoms with van der Waals surface area (Å²) in [6.07, 6.45) is 0. The third-order valence-corrected chi connectivity index (χ3v) is 1.93. The van der Waals surface area contributed by atoms with Crippen LogP contribution < -0.4 is 15.8 Å². The van der Waals surface area contributed by atoms with Crippen LogP contribution in [0, 0.1) is 0 Å². The van der Waals surface area contributed by atoms with Gasteiger partial charge in [-0.05, 0) is 12.1 Å². The molecule has 0 heterocycles. The van der Waals surface area contributed by atoms with Gasteiger partial charge in [0.05, 0.1) is 12.8 Å². The Morgan fingerprint density at radius 2 is 2.29 bits per heavy atom. The fourth-order valence-corrected chi connectivity index (χ4v) is 1.13. The molecule has 4 nitrogen and oxygen atoms in total. The number of nitrogens with two attached hydrogens (primary N) is 1. The zero-order valence-electron chi connectivity index (χ0n) is 7.42. The Bertz CT molecular complexity index is 354. The number of benzene rings is 1. The molecule has 1 rings (SSSR count). The molecule has 0 atom stereocenters. The van der Waals surface area contributed by atoms with Crippen molar-refractivity contribution in [2.24, 2.45) is 10.2 Å². The SMILES string of the molecule is COc1cc(Cl)ccc1NC(N)=NCl. The zero-order chi connectivity index (χ0) is 10.6. The van der Waals surface area contributed by atoms with Crippen LogP contribution in [0.5, 0.6) is 5.75 Å². The fraction of sp³-hybridized carbons (Fsp3) is 0.125. The Morgan fingerprint density at radius 3 is 2.86 bits per heavy atom. The average molecular weight is 234 g/mol. The molecule has 0 saturated heterocycles. The number of guanidine groups is 1. The summed E-state index contributed by atoms with van der Waals surface area (Å²) >= 11 is 10.9. The summed E-state index contributed by atoms with van der Waals surface area (Å²) in [6, 6.07) is 5.08. The van der Waals surface area contributed by atoms with Crippen molar-refractivity contribution in [3.05, 3.63) is 23.2 Å². The maximum absolute atomic E-state index is 5.77. The van der Waals surface area contributed by atoms with E-state index in [9.17, 15) is 0 Å². The molecule has 0 bridgehead atoms. The van der Waals surface area contributed by atoms with Gasteiger partial charge in [0, 0.05) is 22.9 Å². The van der Waals surface area contributed by atoms with Gasteiger partial charge in [0.15, 0.2) is 0 Å². The maximum atomic E-state index is 5.77. The van der Waals surface area contributed by atoms with E-state index in [0.29, 0.717) is 16.5 Å². The second-order valence-electron chi connectivity index (χ2n) is 2.44. The van der Waals surface area contributed by atoms with Crippen molar-refractivity contribution < 1.29 is 4.74 Å². The van der Waals surface area contributed by atoms with Gasteiger partial charge in [-0.3, -0.25) is 0 Å². The minimum absolute atomic E-state index is 0.0901.